The van der Waals surface area contributed by atoms with Crippen molar-refractivity contribution in [3.8, 4) is 0 Å². The Bertz CT molecular complexity index is 1020. The lowest BCUT2D eigenvalue weighted by molar-refractivity contribution is -0.116. The Kier molecular flexibility index (Phi) is 7.22. The van der Waals surface area contributed by atoms with Crippen LogP contribution in [0, 0.1) is 13.8 Å². The number of nitrogens with one attached hydrogen (secondary N) is 3. The van der Waals surface area contributed by atoms with E-state index in [-0.39, 0.29) is 18.4 Å². The minimum atomic E-state index is -0.150. The zero-order valence-electron chi connectivity index (χ0n) is 17.4. The van der Waals surface area contributed by atoms with Crippen molar-refractivity contribution in [2.75, 3.05) is 22.5 Å². The van der Waals surface area contributed by atoms with E-state index in [2.05, 4.69) is 22.0 Å². The van der Waals surface area contributed by atoms with E-state index in [4.69, 9.17) is 0 Å². The van der Waals surface area contributed by atoms with Crippen LogP contribution in [-0.4, -0.2) is 18.4 Å². The molecule has 3 aromatic carbocycles. The molecule has 30 heavy (non-hydrogen) atoms. The fourth-order valence-corrected chi connectivity index (χ4v) is 3.19. The van der Waals surface area contributed by atoms with Crippen molar-refractivity contribution in [2.45, 2.75) is 26.7 Å². The van der Waals surface area contributed by atoms with Gasteiger partial charge < -0.3 is 16.0 Å². The molecule has 0 aliphatic carbocycles. The molecule has 3 aromatic rings. The van der Waals surface area contributed by atoms with E-state index in [1.807, 2.05) is 62.4 Å². The van der Waals surface area contributed by atoms with E-state index in [1.165, 1.54) is 5.56 Å². The van der Waals surface area contributed by atoms with E-state index in [9.17, 15) is 9.59 Å². The van der Waals surface area contributed by atoms with Gasteiger partial charge in [-0.2, -0.15) is 0 Å². The summed E-state index contributed by atoms with van der Waals surface area (Å²) < 4.78 is 0. The van der Waals surface area contributed by atoms with Crippen molar-refractivity contribution in [3.63, 3.8) is 0 Å². The fraction of sp³-hybridized carbons (Fsp3) is 0.200. The van der Waals surface area contributed by atoms with E-state index in [1.54, 1.807) is 18.2 Å². The quantitative estimate of drug-likeness (QED) is 0.501. The van der Waals surface area contributed by atoms with Crippen LogP contribution in [0.5, 0.6) is 0 Å². The number of benzene rings is 3. The molecule has 0 saturated heterocycles. The van der Waals surface area contributed by atoms with E-state index in [0.29, 0.717) is 24.2 Å². The van der Waals surface area contributed by atoms with Gasteiger partial charge in [-0.3, -0.25) is 9.59 Å². The van der Waals surface area contributed by atoms with E-state index in [0.717, 1.165) is 16.8 Å². The first-order chi connectivity index (χ1) is 14.5. The zero-order valence-corrected chi connectivity index (χ0v) is 17.4. The van der Waals surface area contributed by atoms with Crippen molar-refractivity contribution in [2.24, 2.45) is 0 Å². The number of anilines is 3. The molecule has 0 radical (unpaired) electrons. The van der Waals surface area contributed by atoms with Crippen LogP contribution >= 0.6 is 0 Å². The normalized spacial score (nSPS) is 10.3. The number of carbonyl (C=O) groups is 2. The third-order valence-electron chi connectivity index (χ3n) is 4.73. The summed E-state index contributed by atoms with van der Waals surface area (Å²) in [5, 5.41) is 8.91. The Morgan fingerprint density at radius 3 is 2.17 bits per heavy atom. The van der Waals surface area contributed by atoms with Crippen LogP contribution in [0.15, 0.2) is 72.8 Å². The Morgan fingerprint density at radius 2 is 1.47 bits per heavy atom. The van der Waals surface area contributed by atoms with Gasteiger partial charge in [0.1, 0.15) is 0 Å². The molecule has 5 heteroatoms. The smallest absolute Gasteiger partial charge is 0.243 e. The molecule has 0 aromatic heterocycles. The minimum Gasteiger partial charge on any atom is -0.376 e. The summed E-state index contributed by atoms with van der Waals surface area (Å²) in [4.78, 5) is 24.5. The first-order valence-corrected chi connectivity index (χ1v) is 10.0. The van der Waals surface area contributed by atoms with Gasteiger partial charge >= 0.3 is 0 Å². The van der Waals surface area contributed by atoms with Crippen LogP contribution in [0.3, 0.4) is 0 Å². The average molecular weight is 402 g/mol. The standard InChI is InChI=1S/C25H27N3O2/c1-18-11-13-23(19(2)15-18)26-17-25(30)28-22-10-6-9-21(16-22)27-24(29)14-12-20-7-4-3-5-8-20/h3-11,13,15-16,26H,12,14,17H2,1-2H3,(H,27,29)(H,28,30). The van der Waals surface area contributed by atoms with E-state index >= 15 is 0 Å². The minimum absolute atomic E-state index is 0.0566. The fourth-order valence-electron chi connectivity index (χ4n) is 3.19. The number of amides is 2. The van der Waals surface area contributed by atoms with Crippen LogP contribution in [0.4, 0.5) is 17.1 Å². The molecular formula is C25H27N3O2. The highest BCUT2D eigenvalue weighted by Gasteiger charge is 2.07. The molecule has 0 saturated carbocycles. The van der Waals surface area contributed by atoms with Crippen LogP contribution < -0.4 is 16.0 Å². The predicted octanol–water partition coefficient (Wildman–Crippen LogP) is 4.93. The molecule has 5 nitrogen and oxygen atoms in total. The van der Waals surface area contributed by atoms with Crippen molar-refractivity contribution < 1.29 is 9.59 Å². The molecular weight excluding hydrogens is 374 g/mol. The van der Waals surface area contributed by atoms with Crippen LogP contribution in [0.25, 0.3) is 0 Å². The van der Waals surface area contributed by atoms with Crippen LogP contribution in [0.1, 0.15) is 23.1 Å². The van der Waals surface area contributed by atoms with Gasteiger partial charge in [0.2, 0.25) is 11.8 Å². The largest absolute Gasteiger partial charge is 0.376 e. The average Bonchev–Trinajstić information content (AvgIpc) is 2.73. The highest BCUT2D eigenvalue weighted by molar-refractivity contribution is 5.95. The van der Waals surface area contributed by atoms with Crippen LogP contribution in [-0.2, 0) is 16.0 Å². The molecule has 154 valence electrons. The number of hydrogen-bond acceptors (Lipinski definition) is 3. The Balaban J connectivity index is 1.49. The molecule has 0 heterocycles. The maximum absolute atomic E-state index is 12.3. The second-order valence-electron chi connectivity index (χ2n) is 7.33. The Labute approximate surface area is 177 Å². The molecule has 0 spiro atoms. The van der Waals surface area contributed by atoms with E-state index < -0.39 is 0 Å². The number of hydrogen-bond donors (Lipinski definition) is 3. The van der Waals surface area contributed by atoms with Crippen LogP contribution in [0.2, 0.25) is 0 Å². The SMILES string of the molecule is Cc1ccc(NCC(=O)Nc2cccc(NC(=O)CCc3ccccc3)c2)c(C)c1. The Hall–Kier alpha value is -3.60. The molecule has 0 bridgehead atoms. The summed E-state index contributed by atoms with van der Waals surface area (Å²) in [6, 6.07) is 23.1. The zero-order chi connectivity index (χ0) is 21.3. The molecule has 3 rings (SSSR count). The molecule has 0 aliphatic heterocycles. The van der Waals surface area contributed by atoms with Crippen molar-refractivity contribution >= 4 is 28.9 Å². The molecule has 0 aliphatic rings. The van der Waals surface area contributed by atoms with Crippen molar-refractivity contribution in [3.05, 3.63) is 89.5 Å². The summed E-state index contributed by atoms with van der Waals surface area (Å²) in [5.41, 5.74) is 5.66. The lowest BCUT2D eigenvalue weighted by Gasteiger charge is -2.12. The second kappa shape index (κ2) is 10.3. The van der Waals surface area contributed by atoms with Gasteiger partial charge in [-0.05, 0) is 55.7 Å². The lowest BCUT2D eigenvalue weighted by atomic mass is 10.1. The Morgan fingerprint density at radius 1 is 0.767 bits per heavy atom. The molecule has 0 fully saturated rings. The topological polar surface area (TPSA) is 70.2 Å². The van der Waals surface area contributed by atoms with Crippen molar-refractivity contribution in [1.82, 2.24) is 0 Å². The molecule has 3 N–H and O–H groups in total. The number of carbonyl (C=O) groups excluding carboxylic acids is 2. The second-order valence-corrected chi connectivity index (χ2v) is 7.33. The first-order valence-electron chi connectivity index (χ1n) is 10.0. The summed E-state index contributed by atoms with van der Waals surface area (Å²) in [6.45, 7) is 4.21. The number of rotatable bonds is 8. The maximum Gasteiger partial charge on any atom is 0.243 e. The molecule has 2 amide bonds. The molecule has 0 atom stereocenters. The monoisotopic (exact) mass is 401 g/mol. The van der Waals surface area contributed by atoms with Gasteiger partial charge in [-0.15, -0.1) is 0 Å². The third kappa shape index (κ3) is 6.48. The first kappa shape index (κ1) is 21.1. The van der Waals surface area contributed by atoms with Gasteiger partial charge in [0, 0.05) is 23.5 Å². The summed E-state index contributed by atoms with van der Waals surface area (Å²) >= 11 is 0. The highest BCUT2D eigenvalue weighted by Crippen LogP contribution is 2.17. The predicted molar refractivity (Wildman–Crippen MR) is 123 cm³/mol. The van der Waals surface area contributed by atoms with Gasteiger partial charge in [0.05, 0.1) is 6.54 Å². The van der Waals surface area contributed by atoms with Gasteiger partial charge in [0.25, 0.3) is 0 Å². The highest BCUT2D eigenvalue weighted by atomic mass is 16.2. The number of aryl methyl sites for hydroxylation is 3. The third-order valence-corrected chi connectivity index (χ3v) is 4.73. The van der Waals surface area contributed by atoms with Gasteiger partial charge in [0.15, 0.2) is 0 Å². The van der Waals surface area contributed by atoms with Crippen molar-refractivity contribution in [1.29, 1.82) is 0 Å². The summed E-state index contributed by atoms with van der Waals surface area (Å²) in [6.07, 6.45) is 1.09. The maximum atomic E-state index is 12.3. The summed E-state index contributed by atoms with van der Waals surface area (Å²) in [7, 11) is 0. The lowest BCUT2D eigenvalue weighted by Crippen LogP contribution is -2.22. The molecule has 0 unspecified atom stereocenters. The van der Waals surface area contributed by atoms with Gasteiger partial charge in [-0.1, -0.05) is 54.1 Å². The summed E-state index contributed by atoms with van der Waals surface area (Å²) in [5.74, 6) is -0.207. The van der Waals surface area contributed by atoms with Gasteiger partial charge in [-0.25, -0.2) is 0 Å².